The van der Waals surface area contributed by atoms with E-state index in [0.717, 1.165) is 64.2 Å². The second-order valence-corrected chi connectivity index (χ2v) is 32.4. The second-order valence-electron chi connectivity index (χ2n) is 30.9. The van der Waals surface area contributed by atoms with Gasteiger partial charge in [0.2, 0.25) is 0 Å². The van der Waals surface area contributed by atoms with Crippen LogP contribution in [0.25, 0.3) is 0 Å². The first-order valence-electron chi connectivity index (χ1n) is 43.5. The van der Waals surface area contributed by atoms with Crippen LogP contribution < -0.4 is 0 Å². The highest BCUT2D eigenvalue weighted by molar-refractivity contribution is 7.47. The van der Waals surface area contributed by atoms with E-state index in [4.69, 9.17) is 18.5 Å². The molecule has 9 nitrogen and oxygen atoms in total. The minimum Gasteiger partial charge on any atom is -0.462 e. The Morgan fingerprint density at radius 3 is 0.859 bits per heavy atom. The lowest BCUT2D eigenvalue weighted by Gasteiger charge is -2.24. The highest BCUT2D eigenvalue weighted by atomic mass is 31.2. The quantitative estimate of drug-likeness (QED) is 0.0211. The number of hydrogen-bond donors (Lipinski definition) is 1. The summed E-state index contributed by atoms with van der Waals surface area (Å²) in [6, 6.07) is 0. The standard InChI is InChI=1S/C89H168NO8P/c1-6-8-10-12-14-16-18-20-22-24-26-28-30-32-34-36-38-40-42-43-44-45-46-47-48-50-52-54-56-58-60-62-64-66-68-70-72-74-76-78-80-82-89(92)98-87(86-97-99(93,94)96-84-83-90(3,4)5)85-95-88(91)81-79-77-75-73-71-69-67-65-63-61-59-57-55-53-51-49-41-39-37-35-33-31-29-27-25-23-21-19-17-15-13-11-9-7-2/h8,10,14,16,20,22,26,28,32,34,87H,6-7,9,11-13,15,17-19,21,23-25,27,29-31,33,35-86H2,1-5H3/p+1/b10-8-,16-14-,22-20-,28-26-,34-32-. The number of rotatable bonds is 82. The van der Waals surface area contributed by atoms with Crippen molar-refractivity contribution in [2.75, 3.05) is 47.5 Å². The molecular formula is C89H169NO8P+. The van der Waals surface area contributed by atoms with Crippen LogP contribution >= 0.6 is 7.82 Å². The van der Waals surface area contributed by atoms with Crippen molar-refractivity contribution in [1.29, 1.82) is 0 Å². The van der Waals surface area contributed by atoms with Crippen molar-refractivity contribution < 1.29 is 42.1 Å². The van der Waals surface area contributed by atoms with Gasteiger partial charge in [0, 0.05) is 12.8 Å². The zero-order valence-corrected chi connectivity index (χ0v) is 67.6. The summed E-state index contributed by atoms with van der Waals surface area (Å²) in [5.74, 6) is -0.769. The Hall–Kier alpha value is -2.29. The van der Waals surface area contributed by atoms with Crippen molar-refractivity contribution in [3.8, 4) is 0 Å². The van der Waals surface area contributed by atoms with Gasteiger partial charge in [-0.2, -0.15) is 0 Å². The number of quaternary nitrogens is 1. The third-order valence-corrected chi connectivity index (χ3v) is 20.8. The van der Waals surface area contributed by atoms with Crippen LogP contribution in [0, 0.1) is 0 Å². The van der Waals surface area contributed by atoms with Crippen LogP contribution in [0.4, 0.5) is 0 Å². The van der Waals surface area contributed by atoms with Gasteiger partial charge in [0.25, 0.3) is 0 Å². The lowest BCUT2D eigenvalue weighted by Crippen LogP contribution is -2.37. The summed E-state index contributed by atoms with van der Waals surface area (Å²) in [6.45, 7) is 4.41. The number of allylic oxidation sites excluding steroid dienone is 10. The van der Waals surface area contributed by atoms with Gasteiger partial charge in [0.1, 0.15) is 19.8 Å². The molecule has 0 aromatic heterocycles. The smallest absolute Gasteiger partial charge is 0.462 e. The summed E-state index contributed by atoms with van der Waals surface area (Å²) < 4.78 is 34.9. The predicted octanol–water partition coefficient (Wildman–Crippen LogP) is 29.2. The summed E-state index contributed by atoms with van der Waals surface area (Å²) in [6.07, 6.45) is 108. The number of unbranched alkanes of at least 4 members (excludes halogenated alkanes) is 58. The molecule has 0 aliphatic heterocycles. The summed E-state index contributed by atoms with van der Waals surface area (Å²) in [4.78, 5) is 36.0. The first-order chi connectivity index (χ1) is 48.5. The first-order valence-corrected chi connectivity index (χ1v) is 45.0. The van der Waals surface area contributed by atoms with Crippen LogP contribution in [-0.4, -0.2) is 74.9 Å². The Kier molecular flexibility index (Phi) is 78.0. The normalized spacial score (nSPS) is 13.2. The largest absolute Gasteiger partial charge is 0.472 e. The molecule has 0 spiro atoms. The van der Waals surface area contributed by atoms with Gasteiger partial charge in [0.15, 0.2) is 6.10 Å². The Morgan fingerprint density at radius 2 is 0.576 bits per heavy atom. The van der Waals surface area contributed by atoms with E-state index < -0.39 is 26.5 Å². The van der Waals surface area contributed by atoms with Gasteiger partial charge in [-0.15, -0.1) is 0 Å². The van der Waals surface area contributed by atoms with Gasteiger partial charge in [-0.25, -0.2) is 4.57 Å². The van der Waals surface area contributed by atoms with Gasteiger partial charge >= 0.3 is 19.8 Å². The summed E-state index contributed by atoms with van der Waals surface area (Å²) in [5.41, 5.74) is 0. The van der Waals surface area contributed by atoms with Crippen LogP contribution in [-0.2, 0) is 32.7 Å². The zero-order chi connectivity index (χ0) is 71.8. The fraction of sp³-hybridized carbons (Fsp3) is 0.865. The van der Waals surface area contributed by atoms with Gasteiger partial charge < -0.3 is 18.9 Å². The second kappa shape index (κ2) is 79.8. The molecule has 0 aliphatic rings. The van der Waals surface area contributed by atoms with E-state index in [9.17, 15) is 19.0 Å². The number of esters is 2. The van der Waals surface area contributed by atoms with Crippen molar-refractivity contribution in [3.05, 3.63) is 60.8 Å². The molecule has 0 aromatic carbocycles. The molecule has 0 saturated heterocycles. The maximum absolute atomic E-state index is 12.9. The fourth-order valence-corrected chi connectivity index (χ4v) is 14.0. The van der Waals surface area contributed by atoms with Crippen LogP contribution in [0.15, 0.2) is 60.8 Å². The number of nitrogens with zero attached hydrogens (tertiary/aromatic N) is 1. The molecule has 0 radical (unpaired) electrons. The van der Waals surface area contributed by atoms with Gasteiger partial charge in [-0.1, -0.05) is 434 Å². The minimum absolute atomic E-state index is 0.0351. The summed E-state index contributed by atoms with van der Waals surface area (Å²) >= 11 is 0. The van der Waals surface area contributed by atoms with Crippen LogP contribution in [0.5, 0.6) is 0 Å². The van der Waals surface area contributed by atoms with Crippen LogP contribution in [0.2, 0.25) is 0 Å². The molecule has 0 rings (SSSR count). The number of hydrogen-bond acceptors (Lipinski definition) is 7. The topological polar surface area (TPSA) is 108 Å². The highest BCUT2D eigenvalue weighted by Crippen LogP contribution is 2.43. The Morgan fingerprint density at radius 1 is 0.323 bits per heavy atom. The molecule has 99 heavy (non-hydrogen) atoms. The van der Waals surface area contributed by atoms with Gasteiger partial charge in [-0.05, 0) is 57.8 Å². The molecule has 0 fully saturated rings. The molecule has 582 valence electrons. The maximum atomic E-state index is 12.9. The van der Waals surface area contributed by atoms with Crippen LogP contribution in [0.1, 0.15) is 444 Å². The number of carbonyl (C=O) groups excluding carboxylic acids is 2. The zero-order valence-electron chi connectivity index (χ0n) is 66.8. The van der Waals surface area contributed by atoms with Crippen molar-refractivity contribution in [2.45, 2.75) is 450 Å². The monoisotopic (exact) mass is 1410 g/mol. The molecule has 0 heterocycles. The number of likely N-dealkylation sites (N-methyl/N-ethyl adjacent to an activating group) is 1. The average molecular weight is 1410 g/mol. The molecule has 0 saturated carbocycles. The molecule has 2 unspecified atom stereocenters. The maximum Gasteiger partial charge on any atom is 0.472 e. The fourth-order valence-electron chi connectivity index (χ4n) is 13.2. The number of phosphoric acid groups is 1. The number of ether oxygens (including phenoxy) is 2. The number of carbonyl (C=O) groups is 2. The predicted molar refractivity (Wildman–Crippen MR) is 432 cm³/mol. The van der Waals surface area contributed by atoms with E-state index in [1.54, 1.807) is 0 Å². The molecule has 0 aromatic rings. The lowest BCUT2D eigenvalue weighted by atomic mass is 10.0. The molecule has 0 bridgehead atoms. The average Bonchev–Trinajstić information content (AvgIpc) is 0.987. The molecule has 1 N–H and O–H groups in total. The molecule has 0 aliphatic carbocycles. The Labute approximate surface area is 616 Å². The Balaban J connectivity index is 3.85. The van der Waals surface area contributed by atoms with Crippen molar-refractivity contribution in [3.63, 3.8) is 0 Å². The lowest BCUT2D eigenvalue weighted by molar-refractivity contribution is -0.870. The van der Waals surface area contributed by atoms with Gasteiger partial charge in [-0.3, -0.25) is 18.6 Å². The van der Waals surface area contributed by atoms with Crippen molar-refractivity contribution >= 4 is 19.8 Å². The molecule has 10 heteroatoms. The van der Waals surface area contributed by atoms with E-state index in [-0.39, 0.29) is 25.6 Å². The molecule has 0 amide bonds. The Bertz CT molecular complexity index is 1860. The van der Waals surface area contributed by atoms with Gasteiger partial charge in [0.05, 0.1) is 27.7 Å². The van der Waals surface area contributed by atoms with E-state index in [2.05, 4.69) is 74.6 Å². The SMILES string of the molecule is CC/C=C\C/C=C\C/C=C\C/C=C\C/C=C\CCCCCCCCCCCCCCCCCCCCCCCCCCCC(=O)OC(COC(=O)CCCCCCCCCCCCCCCCCCCCCCCCCCCCCCCCCCCC)COP(=O)(O)OCC[N+](C)(C)C. The number of phosphoric ester groups is 1. The molecular weight excluding hydrogens is 1240 g/mol. The van der Waals surface area contributed by atoms with Crippen molar-refractivity contribution in [2.24, 2.45) is 0 Å². The summed E-state index contributed by atoms with van der Waals surface area (Å²) in [5, 5.41) is 0. The van der Waals surface area contributed by atoms with Crippen molar-refractivity contribution in [1.82, 2.24) is 0 Å². The van der Waals surface area contributed by atoms with E-state index >= 15 is 0 Å². The van der Waals surface area contributed by atoms with Crippen LogP contribution in [0.3, 0.4) is 0 Å². The highest BCUT2D eigenvalue weighted by Gasteiger charge is 2.27. The molecule has 2 atom stereocenters. The van der Waals surface area contributed by atoms with E-state index in [1.807, 2.05) is 21.1 Å². The third kappa shape index (κ3) is 84.5. The minimum atomic E-state index is -4.39. The third-order valence-electron chi connectivity index (χ3n) is 19.8. The summed E-state index contributed by atoms with van der Waals surface area (Å²) in [7, 11) is 1.50. The van der Waals surface area contributed by atoms with E-state index in [1.165, 1.54) is 347 Å². The first kappa shape index (κ1) is 96.7. The van der Waals surface area contributed by atoms with E-state index in [0.29, 0.717) is 23.9 Å².